The highest BCUT2D eigenvalue weighted by molar-refractivity contribution is 5.93. The molecule has 0 radical (unpaired) electrons. The molecule has 5 heterocycles. The first kappa shape index (κ1) is 23.6. The number of aliphatic hydroxyl groups excluding tert-OH is 1. The van der Waals surface area contributed by atoms with Gasteiger partial charge < -0.3 is 21.1 Å². The van der Waals surface area contributed by atoms with E-state index in [0.29, 0.717) is 41.0 Å². The van der Waals surface area contributed by atoms with E-state index in [2.05, 4.69) is 30.9 Å². The predicted octanol–water partition coefficient (Wildman–Crippen LogP) is 3.91. The van der Waals surface area contributed by atoms with Gasteiger partial charge in [-0.05, 0) is 49.4 Å². The molecule has 0 unspecified atom stereocenters. The maximum atomic E-state index is 14.1. The smallest absolute Gasteiger partial charge is 0.168 e. The summed E-state index contributed by atoms with van der Waals surface area (Å²) in [5, 5.41) is 21.0. The van der Waals surface area contributed by atoms with E-state index in [9.17, 15) is 13.9 Å². The Balaban J connectivity index is 1.41. The van der Waals surface area contributed by atoms with Crippen LogP contribution < -0.4 is 16.0 Å². The fourth-order valence-corrected chi connectivity index (χ4v) is 4.82. The molecule has 0 spiro atoms. The number of pyridine rings is 3. The first-order chi connectivity index (χ1) is 18.0. The van der Waals surface area contributed by atoms with E-state index in [0.717, 1.165) is 49.0 Å². The highest BCUT2D eigenvalue weighted by Crippen LogP contribution is 2.41. The summed E-state index contributed by atoms with van der Waals surface area (Å²) >= 11 is 0. The van der Waals surface area contributed by atoms with E-state index in [1.54, 1.807) is 24.5 Å². The van der Waals surface area contributed by atoms with Crippen LogP contribution in [0.5, 0.6) is 0 Å². The zero-order valence-electron chi connectivity index (χ0n) is 20.0. The Labute approximate surface area is 211 Å². The number of anilines is 3. The lowest BCUT2D eigenvalue weighted by molar-refractivity contribution is 0.128. The molecule has 2 fully saturated rings. The lowest BCUT2D eigenvalue weighted by atomic mass is 9.79. The minimum Gasteiger partial charge on any atom is -0.390 e. The fourth-order valence-electron chi connectivity index (χ4n) is 4.82. The number of nitrogens with zero attached hydrogens (tertiary/aromatic N) is 5. The summed E-state index contributed by atoms with van der Waals surface area (Å²) in [5.41, 5.74) is 2.47. The summed E-state index contributed by atoms with van der Waals surface area (Å²) in [6.07, 6.45) is 9.71. The Bertz CT molecular complexity index is 1450. The molecule has 4 aromatic heterocycles. The van der Waals surface area contributed by atoms with Gasteiger partial charge in [-0.2, -0.15) is 0 Å². The average Bonchev–Trinajstić information content (AvgIpc) is 2.86. The van der Waals surface area contributed by atoms with E-state index in [-0.39, 0.29) is 11.9 Å². The zero-order chi connectivity index (χ0) is 25.4. The lowest BCUT2D eigenvalue weighted by Crippen LogP contribution is -2.47. The summed E-state index contributed by atoms with van der Waals surface area (Å²) in [4.78, 5) is 22.2. The number of β-amino-alcohol motifs (C(OH)–C–C–N with tert-alkyl or cyclic N) is 1. The molecule has 4 N–H and O–H groups in total. The van der Waals surface area contributed by atoms with Gasteiger partial charge >= 0.3 is 0 Å². The van der Waals surface area contributed by atoms with Gasteiger partial charge in [0.05, 0.1) is 30.1 Å². The van der Waals surface area contributed by atoms with Gasteiger partial charge in [0.2, 0.25) is 0 Å². The standard InChI is InChI=1S/C26H26F2N8O/c27-16-9-18(28)25(32-10-16)35-22-8-15(4-7-31-22)24-34-20-12-30-11-17(14-2-1-3-14)23(20)26(36-24)33-19-5-6-29-13-21(19)37/h4,7-12,14,19,21,29,37H,1-3,5-6,13H2,(H,31,32,35)(H,33,34,36)/t19-,21+/m1/s1. The van der Waals surface area contributed by atoms with E-state index in [1.807, 2.05) is 6.20 Å². The van der Waals surface area contributed by atoms with Crippen LogP contribution >= 0.6 is 0 Å². The maximum Gasteiger partial charge on any atom is 0.168 e. The van der Waals surface area contributed by atoms with Gasteiger partial charge in [0.25, 0.3) is 0 Å². The molecule has 0 bridgehead atoms. The van der Waals surface area contributed by atoms with Gasteiger partial charge in [-0.1, -0.05) is 6.42 Å². The second kappa shape index (κ2) is 9.91. The van der Waals surface area contributed by atoms with Gasteiger partial charge in [0.1, 0.15) is 17.5 Å². The van der Waals surface area contributed by atoms with Gasteiger partial charge in [-0.15, -0.1) is 0 Å². The average molecular weight is 505 g/mol. The Morgan fingerprint density at radius 3 is 2.68 bits per heavy atom. The minimum atomic E-state index is -0.823. The van der Waals surface area contributed by atoms with Crippen LogP contribution in [-0.2, 0) is 0 Å². The van der Waals surface area contributed by atoms with Crippen molar-refractivity contribution in [3.05, 3.63) is 60.2 Å². The molecule has 1 saturated carbocycles. The monoisotopic (exact) mass is 504 g/mol. The molecule has 2 atom stereocenters. The molecule has 1 saturated heterocycles. The third-order valence-corrected chi connectivity index (χ3v) is 7.03. The number of aromatic nitrogens is 5. The minimum absolute atomic E-state index is 0.137. The number of aliphatic hydroxyl groups is 1. The molecule has 37 heavy (non-hydrogen) atoms. The molecule has 6 rings (SSSR count). The quantitative estimate of drug-likeness (QED) is 0.310. The highest BCUT2D eigenvalue weighted by Gasteiger charge is 2.28. The van der Waals surface area contributed by atoms with Crippen LogP contribution in [0.2, 0.25) is 0 Å². The van der Waals surface area contributed by atoms with E-state index >= 15 is 0 Å². The molecule has 9 nitrogen and oxygen atoms in total. The zero-order valence-corrected chi connectivity index (χ0v) is 20.0. The molecule has 11 heteroatoms. The first-order valence-corrected chi connectivity index (χ1v) is 12.4. The third-order valence-electron chi connectivity index (χ3n) is 7.03. The van der Waals surface area contributed by atoms with Crippen molar-refractivity contribution in [1.82, 2.24) is 30.2 Å². The van der Waals surface area contributed by atoms with Crippen molar-refractivity contribution < 1.29 is 13.9 Å². The topological polar surface area (TPSA) is 121 Å². The van der Waals surface area contributed by atoms with Crippen LogP contribution in [-0.4, -0.2) is 55.3 Å². The number of hydrogen-bond acceptors (Lipinski definition) is 9. The predicted molar refractivity (Wildman–Crippen MR) is 135 cm³/mol. The molecule has 190 valence electrons. The van der Waals surface area contributed by atoms with E-state index < -0.39 is 17.7 Å². The Hall–Kier alpha value is -3.83. The molecule has 0 aromatic carbocycles. The van der Waals surface area contributed by atoms with Crippen LogP contribution in [0.25, 0.3) is 22.3 Å². The van der Waals surface area contributed by atoms with Crippen LogP contribution in [0.4, 0.5) is 26.2 Å². The number of rotatable bonds is 6. The van der Waals surface area contributed by atoms with Crippen molar-refractivity contribution in [3.63, 3.8) is 0 Å². The number of fused-ring (bicyclic) bond motifs is 1. The first-order valence-electron chi connectivity index (χ1n) is 12.4. The van der Waals surface area contributed by atoms with Crippen molar-refractivity contribution >= 4 is 28.4 Å². The summed E-state index contributed by atoms with van der Waals surface area (Å²) in [5.74, 6) is 0.0977. The Morgan fingerprint density at radius 1 is 1.00 bits per heavy atom. The second-order valence-corrected chi connectivity index (χ2v) is 9.50. The van der Waals surface area contributed by atoms with Gasteiger partial charge in [-0.3, -0.25) is 4.98 Å². The summed E-state index contributed by atoms with van der Waals surface area (Å²) in [6, 6.07) is 4.04. The molecule has 1 aliphatic heterocycles. The van der Waals surface area contributed by atoms with Crippen molar-refractivity contribution in [2.75, 3.05) is 23.7 Å². The molecule has 4 aromatic rings. The van der Waals surface area contributed by atoms with Crippen molar-refractivity contribution in [2.45, 2.75) is 43.7 Å². The van der Waals surface area contributed by atoms with Gasteiger partial charge in [0, 0.05) is 36.0 Å². The largest absolute Gasteiger partial charge is 0.390 e. The Kier molecular flexibility index (Phi) is 6.31. The maximum absolute atomic E-state index is 14.1. The number of piperidine rings is 1. The van der Waals surface area contributed by atoms with Crippen molar-refractivity contribution in [3.8, 4) is 11.4 Å². The van der Waals surface area contributed by atoms with Crippen LogP contribution in [0.3, 0.4) is 0 Å². The SMILES string of the molecule is O[C@H]1CNCC[C@H]1Nc1nc(-c2ccnc(Nc3ncc(F)cc3F)c2)nc2cncc(C3CCC3)c12. The van der Waals surface area contributed by atoms with Crippen LogP contribution in [0.15, 0.2) is 43.0 Å². The van der Waals surface area contributed by atoms with Gasteiger partial charge in [-0.25, -0.2) is 28.7 Å². The normalized spacial score (nSPS) is 20.0. The molecular formula is C26H26F2N8O. The second-order valence-electron chi connectivity index (χ2n) is 9.50. The van der Waals surface area contributed by atoms with E-state index in [1.165, 1.54) is 6.42 Å². The fraction of sp³-hybridized carbons (Fsp3) is 0.346. The summed E-state index contributed by atoms with van der Waals surface area (Å²) in [6.45, 7) is 1.31. The van der Waals surface area contributed by atoms with Crippen LogP contribution in [0.1, 0.15) is 37.2 Å². The summed E-state index contributed by atoms with van der Waals surface area (Å²) < 4.78 is 27.4. The number of nitrogens with one attached hydrogen (secondary N) is 3. The molecule has 1 aliphatic carbocycles. The lowest BCUT2D eigenvalue weighted by Gasteiger charge is -2.31. The number of hydrogen-bond donors (Lipinski definition) is 4. The molecule has 2 aliphatic rings. The Morgan fingerprint density at radius 2 is 1.89 bits per heavy atom. The van der Waals surface area contributed by atoms with Crippen molar-refractivity contribution in [2.24, 2.45) is 0 Å². The van der Waals surface area contributed by atoms with Crippen molar-refractivity contribution in [1.29, 1.82) is 0 Å². The molecular weight excluding hydrogens is 478 g/mol. The number of halogens is 2. The van der Waals surface area contributed by atoms with Crippen LogP contribution in [0, 0.1) is 11.6 Å². The van der Waals surface area contributed by atoms with Gasteiger partial charge in [0.15, 0.2) is 17.5 Å². The van der Waals surface area contributed by atoms with E-state index in [4.69, 9.17) is 9.97 Å². The molecule has 0 amide bonds. The highest BCUT2D eigenvalue weighted by atomic mass is 19.1. The summed E-state index contributed by atoms with van der Waals surface area (Å²) in [7, 11) is 0. The third kappa shape index (κ3) is 4.79.